The molecular formula is C20H21N3O3. The van der Waals surface area contributed by atoms with E-state index in [9.17, 15) is 14.4 Å². The molecule has 1 atom stereocenters. The molecule has 0 spiro atoms. The van der Waals surface area contributed by atoms with Gasteiger partial charge in [0.05, 0.1) is 16.9 Å². The number of aryl methyl sites for hydroxylation is 2. The highest BCUT2D eigenvalue weighted by Crippen LogP contribution is 2.18. The van der Waals surface area contributed by atoms with E-state index in [4.69, 9.17) is 0 Å². The second-order valence-electron chi connectivity index (χ2n) is 6.51. The molecule has 0 aliphatic carbocycles. The Morgan fingerprint density at radius 1 is 1.15 bits per heavy atom. The second-order valence-corrected chi connectivity index (χ2v) is 6.51. The lowest BCUT2D eigenvalue weighted by Crippen LogP contribution is -2.37. The van der Waals surface area contributed by atoms with Crippen LogP contribution < -0.4 is 16.6 Å². The van der Waals surface area contributed by atoms with Crippen LogP contribution in [0.4, 0.5) is 0 Å². The van der Waals surface area contributed by atoms with E-state index in [-0.39, 0.29) is 18.5 Å². The summed E-state index contributed by atoms with van der Waals surface area (Å²) in [6.45, 7) is 5.75. The molecule has 26 heavy (non-hydrogen) atoms. The fraction of sp³-hybridized carbons (Fsp3) is 0.250. The van der Waals surface area contributed by atoms with Gasteiger partial charge in [-0.15, -0.1) is 0 Å². The SMILES string of the molecule is Cc1ccc(C)c(C(C)NC(=O)Cn2c(=O)[nH]c(=O)c3ccccc32)c1. The van der Waals surface area contributed by atoms with Crippen LogP contribution in [0.25, 0.3) is 10.9 Å². The van der Waals surface area contributed by atoms with Crippen molar-refractivity contribution < 1.29 is 4.79 Å². The summed E-state index contributed by atoms with van der Waals surface area (Å²) in [6.07, 6.45) is 0. The molecule has 3 rings (SSSR count). The number of H-pyrrole nitrogens is 1. The maximum absolute atomic E-state index is 12.5. The van der Waals surface area contributed by atoms with E-state index in [0.717, 1.165) is 16.7 Å². The van der Waals surface area contributed by atoms with Crippen LogP contribution >= 0.6 is 0 Å². The molecule has 3 aromatic rings. The minimum Gasteiger partial charge on any atom is -0.348 e. The van der Waals surface area contributed by atoms with Crippen LogP contribution in [-0.2, 0) is 11.3 Å². The van der Waals surface area contributed by atoms with E-state index >= 15 is 0 Å². The van der Waals surface area contributed by atoms with Crippen molar-refractivity contribution in [2.24, 2.45) is 0 Å². The fourth-order valence-electron chi connectivity index (χ4n) is 3.13. The predicted octanol–water partition coefficient (Wildman–Crippen LogP) is 2.18. The van der Waals surface area contributed by atoms with E-state index in [0.29, 0.717) is 10.9 Å². The first kappa shape index (κ1) is 17.7. The zero-order chi connectivity index (χ0) is 18.8. The Morgan fingerprint density at radius 2 is 1.88 bits per heavy atom. The van der Waals surface area contributed by atoms with E-state index in [1.54, 1.807) is 24.3 Å². The third-order valence-electron chi connectivity index (χ3n) is 4.49. The van der Waals surface area contributed by atoms with Crippen LogP contribution in [0.15, 0.2) is 52.1 Å². The molecule has 6 heteroatoms. The van der Waals surface area contributed by atoms with Crippen LogP contribution in [0.1, 0.15) is 29.7 Å². The van der Waals surface area contributed by atoms with Crippen molar-refractivity contribution in [3.8, 4) is 0 Å². The van der Waals surface area contributed by atoms with Crippen molar-refractivity contribution in [2.75, 3.05) is 0 Å². The standard InChI is InChI=1S/C20H21N3O3/c1-12-8-9-13(2)16(10-12)14(3)21-18(24)11-23-17-7-5-4-6-15(17)19(25)22-20(23)26/h4-10,14H,11H2,1-3H3,(H,21,24)(H,22,25,26). The Hall–Kier alpha value is -3.15. The summed E-state index contributed by atoms with van der Waals surface area (Å²) < 4.78 is 1.28. The number of fused-ring (bicyclic) bond motifs is 1. The smallest absolute Gasteiger partial charge is 0.329 e. The van der Waals surface area contributed by atoms with Crippen LogP contribution in [0, 0.1) is 13.8 Å². The molecule has 0 saturated heterocycles. The summed E-state index contributed by atoms with van der Waals surface area (Å²) in [7, 11) is 0. The highest BCUT2D eigenvalue weighted by atomic mass is 16.2. The molecule has 134 valence electrons. The predicted molar refractivity (Wildman–Crippen MR) is 101 cm³/mol. The molecule has 6 nitrogen and oxygen atoms in total. The summed E-state index contributed by atoms with van der Waals surface area (Å²) in [6, 6.07) is 12.6. The molecule has 0 radical (unpaired) electrons. The molecular weight excluding hydrogens is 330 g/mol. The lowest BCUT2D eigenvalue weighted by Gasteiger charge is -2.18. The number of hydrogen-bond donors (Lipinski definition) is 2. The number of benzene rings is 2. The number of amides is 1. The number of aromatic nitrogens is 2. The Bertz CT molecular complexity index is 1100. The third-order valence-corrected chi connectivity index (χ3v) is 4.49. The fourth-order valence-corrected chi connectivity index (χ4v) is 3.13. The highest BCUT2D eigenvalue weighted by molar-refractivity contribution is 5.81. The summed E-state index contributed by atoms with van der Waals surface area (Å²) in [4.78, 5) is 38.8. The number of carbonyl (C=O) groups excluding carboxylic acids is 1. The van der Waals surface area contributed by atoms with Gasteiger partial charge in [-0.3, -0.25) is 19.1 Å². The van der Waals surface area contributed by atoms with Gasteiger partial charge in [-0.2, -0.15) is 0 Å². The Labute approximate surface area is 150 Å². The number of nitrogens with zero attached hydrogens (tertiary/aromatic N) is 1. The molecule has 0 saturated carbocycles. The molecule has 1 unspecified atom stereocenters. The lowest BCUT2D eigenvalue weighted by molar-refractivity contribution is -0.122. The molecule has 2 aromatic carbocycles. The minimum absolute atomic E-state index is 0.161. The minimum atomic E-state index is -0.594. The Kier molecular flexibility index (Phi) is 4.75. The number of hydrogen-bond acceptors (Lipinski definition) is 3. The molecule has 1 heterocycles. The van der Waals surface area contributed by atoms with Crippen molar-refractivity contribution in [3.05, 3.63) is 80.0 Å². The lowest BCUT2D eigenvalue weighted by atomic mass is 10.00. The van der Waals surface area contributed by atoms with Crippen molar-refractivity contribution in [1.29, 1.82) is 0 Å². The number of nitrogens with one attached hydrogen (secondary N) is 2. The van der Waals surface area contributed by atoms with Gasteiger partial charge < -0.3 is 5.32 Å². The topological polar surface area (TPSA) is 84.0 Å². The second kappa shape index (κ2) is 7.00. The molecule has 0 aliphatic rings. The van der Waals surface area contributed by atoms with Crippen LogP contribution in [0.2, 0.25) is 0 Å². The van der Waals surface area contributed by atoms with Gasteiger partial charge in [0.1, 0.15) is 6.54 Å². The average Bonchev–Trinajstić information content (AvgIpc) is 2.60. The molecule has 1 amide bonds. The summed E-state index contributed by atoms with van der Waals surface area (Å²) in [5.74, 6) is -0.294. The molecule has 1 aromatic heterocycles. The first-order valence-corrected chi connectivity index (χ1v) is 8.45. The summed E-state index contributed by atoms with van der Waals surface area (Å²) >= 11 is 0. The van der Waals surface area contributed by atoms with E-state index < -0.39 is 11.2 Å². The zero-order valence-electron chi connectivity index (χ0n) is 15.0. The number of aromatic amines is 1. The number of para-hydroxylation sites is 1. The molecule has 0 fully saturated rings. The van der Waals surface area contributed by atoms with Gasteiger partial charge in [-0.05, 0) is 44.0 Å². The van der Waals surface area contributed by atoms with Gasteiger partial charge in [0.15, 0.2) is 0 Å². The average molecular weight is 351 g/mol. The number of rotatable bonds is 4. The van der Waals surface area contributed by atoms with Gasteiger partial charge in [-0.1, -0.05) is 35.9 Å². The van der Waals surface area contributed by atoms with Crippen LogP contribution in [0.3, 0.4) is 0 Å². The zero-order valence-corrected chi connectivity index (χ0v) is 15.0. The number of carbonyl (C=O) groups is 1. The quantitative estimate of drug-likeness (QED) is 0.756. The molecule has 0 aliphatic heterocycles. The van der Waals surface area contributed by atoms with Crippen molar-refractivity contribution >= 4 is 16.8 Å². The maximum Gasteiger partial charge on any atom is 0.329 e. The molecule has 0 bridgehead atoms. The van der Waals surface area contributed by atoms with Gasteiger partial charge in [0.25, 0.3) is 5.56 Å². The van der Waals surface area contributed by atoms with Crippen molar-refractivity contribution in [3.63, 3.8) is 0 Å². The first-order chi connectivity index (χ1) is 12.4. The Balaban J connectivity index is 1.87. The summed E-state index contributed by atoms with van der Waals surface area (Å²) in [5.41, 5.74) is 2.65. The highest BCUT2D eigenvalue weighted by Gasteiger charge is 2.15. The monoisotopic (exact) mass is 351 g/mol. The third kappa shape index (κ3) is 3.44. The van der Waals surface area contributed by atoms with Gasteiger partial charge >= 0.3 is 5.69 Å². The largest absolute Gasteiger partial charge is 0.348 e. The van der Waals surface area contributed by atoms with Gasteiger partial charge in [0.2, 0.25) is 5.91 Å². The van der Waals surface area contributed by atoms with E-state index in [1.807, 2.05) is 39.0 Å². The van der Waals surface area contributed by atoms with Crippen molar-refractivity contribution in [1.82, 2.24) is 14.9 Å². The maximum atomic E-state index is 12.5. The van der Waals surface area contributed by atoms with Crippen molar-refractivity contribution in [2.45, 2.75) is 33.4 Å². The van der Waals surface area contributed by atoms with E-state index in [1.165, 1.54) is 4.57 Å². The molecule has 2 N–H and O–H groups in total. The normalized spacial score (nSPS) is 12.1. The van der Waals surface area contributed by atoms with Gasteiger partial charge in [-0.25, -0.2) is 4.79 Å². The van der Waals surface area contributed by atoms with Crippen LogP contribution in [0.5, 0.6) is 0 Å². The Morgan fingerprint density at radius 3 is 2.65 bits per heavy atom. The first-order valence-electron chi connectivity index (χ1n) is 8.45. The summed E-state index contributed by atoms with van der Waals surface area (Å²) in [5, 5.41) is 3.31. The van der Waals surface area contributed by atoms with Gasteiger partial charge in [0, 0.05) is 0 Å². The van der Waals surface area contributed by atoms with Crippen LogP contribution in [-0.4, -0.2) is 15.5 Å². The van der Waals surface area contributed by atoms with E-state index in [2.05, 4.69) is 10.3 Å².